The van der Waals surface area contributed by atoms with Crippen LogP contribution >= 0.6 is 0 Å². The third-order valence-electron chi connectivity index (χ3n) is 2.80. The molecule has 0 bridgehead atoms. The molecule has 0 aromatic heterocycles. The van der Waals surface area contributed by atoms with Crippen molar-refractivity contribution in [2.45, 2.75) is 26.8 Å². The van der Waals surface area contributed by atoms with E-state index >= 15 is 0 Å². The molecule has 1 rings (SSSR count). The lowest BCUT2D eigenvalue weighted by Gasteiger charge is -2.09. The van der Waals surface area contributed by atoms with Crippen LogP contribution in [0.3, 0.4) is 0 Å². The molecule has 5 heteroatoms. The molecule has 1 unspecified atom stereocenters. The number of hydrogen-bond donors (Lipinski definition) is 2. The highest BCUT2D eigenvalue weighted by molar-refractivity contribution is 5.69. The van der Waals surface area contributed by atoms with Gasteiger partial charge in [0.2, 0.25) is 0 Å². The SMILES string of the molecule is CCOc1ccc(CNCCC(C)C(=O)O)cc1F. The van der Waals surface area contributed by atoms with Crippen molar-refractivity contribution < 1.29 is 19.0 Å². The Balaban J connectivity index is 2.37. The maximum atomic E-state index is 13.5. The van der Waals surface area contributed by atoms with Crippen LogP contribution in [0.4, 0.5) is 4.39 Å². The lowest BCUT2D eigenvalue weighted by atomic mass is 10.1. The van der Waals surface area contributed by atoms with E-state index < -0.39 is 5.97 Å². The van der Waals surface area contributed by atoms with Crippen LogP contribution in [0.1, 0.15) is 25.8 Å². The quantitative estimate of drug-likeness (QED) is 0.712. The lowest BCUT2D eigenvalue weighted by molar-refractivity contribution is -0.141. The van der Waals surface area contributed by atoms with Gasteiger partial charge in [-0.3, -0.25) is 4.79 Å². The van der Waals surface area contributed by atoms with Crippen LogP contribution in [0, 0.1) is 11.7 Å². The van der Waals surface area contributed by atoms with E-state index in [0.29, 0.717) is 26.1 Å². The summed E-state index contributed by atoms with van der Waals surface area (Å²) in [4.78, 5) is 10.6. The molecule has 2 N–H and O–H groups in total. The number of nitrogens with one attached hydrogen (secondary N) is 1. The van der Waals surface area contributed by atoms with Crippen molar-refractivity contribution >= 4 is 5.97 Å². The van der Waals surface area contributed by atoms with Crippen molar-refractivity contribution in [3.05, 3.63) is 29.6 Å². The molecule has 0 spiro atoms. The summed E-state index contributed by atoms with van der Waals surface area (Å²) >= 11 is 0. The van der Waals surface area contributed by atoms with Crippen LogP contribution in [-0.4, -0.2) is 24.2 Å². The average Bonchev–Trinajstić information content (AvgIpc) is 2.37. The molecule has 0 radical (unpaired) electrons. The molecule has 0 amide bonds. The molecule has 1 aromatic carbocycles. The second kappa shape index (κ2) is 7.74. The van der Waals surface area contributed by atoms with Crippen LogP contribution in [0.5, 0.6) is 5.75 Å². The van der Waals surface area contributed by atoms with E-state index in [2.05, 4.69) is 5.32 Å². The minimum absolute atomic E-state index is 0.255. The van der Waals surface area contributed by atoms with Gasteiger partial charge in [-0.25, -0.2) is 4.39 Å². The lowest BCUT2D eigenvalue weighted by Crippen LogP contribution is -2.20. The predicted molar refractivity (Wildman–Crippen MR) is 70.7 cm³/mol. The van der Waals surface area contributed by atoms with Crippen molar-refractivity contribution in [1.29, 1.82) is 0 Å². The Bertz CT molecular complexity index is 423. The summed E-state index contributed by atoms with van der Waals surface area (Å²) in [6.07, 6.45) is 0.550. The molecule has 0 aliphatic rings. The molecule has 4 nitrogen and oxygen atoms in total. The van der Waals surface area contributed by atoms with Gasteiger partial charge in [-0.2, -0.15) is 0 Å². The Morgan fingerprint density at radius 2 is 2.26 bits per heavy atom. The summed E-state index contributed by atoms with van der Waals surface area (Å²) in [7, 11) is 0. The first-order chi connectivity index (χ1) is 9.04. The number of carboxylic acids is 1. The maximum Gasteiger partial charge on any atom is 0.306 e. The fourth-order valence-electron chi connectivity index (χ4n) is 1.60. The minimum atomic E-state index is -0.797. The third-order valence-corrected chi connectivity index (χ3v) is 2.80. The van der Waals surface area contributed by atoms with E-state index in [0.717, 1.165) is 5.56 Å². The number of benzene rings is 1. The molecule has 0 saturated carbocycles. The molecule has 106 valence electrons. The van der Waals surface area contributed by atoms with Gasteiger partial charge in [0, 0.05) is 6.54 Å². The number of halogens is 1. The van der Waals surface area contributed by atoms with Gasteiger partial charge < -0.3 is 15.2 Å². The van der Waals surface area contributed by atoms with Gasteiger partial charge in [-0.1, -0.05) is 13.0 Å². The first-order valence-corrected chi connectivity index (χ1v) is 6.39. The van der Waals surface area contributed by atoms with Crippen molar-refractivity contribution in [3.63, 3.8) is 0 Å². The molecule has 0 heterocycles. The average molecular weight is 269 g/mol. The molecular weight excluding hydrogens is 249 g/mol. The normalized spacial score (nSPS) is 12.2. The van der Waals surface area contributed by atoms with Crippen molar-refractivity contribution in [2.75, 3.05) is 13.2 Å². The predicted octanol–water partition coefficient (Wildman–Crippen LogP) is 2.42. The molecule has 0 fully saturated rings. The first-order valence-electron chi connectivity index (χ1n) is 6.39. The van der Waals surface area contributed by atoms with Gasteiger partial charge in [0.25, 0.3) is 0 Å². The highest BCUT2D eigenvalue weighted by atomic mass is 19.1. The Morgan fingerprint density at radius 1 is 1.53 bits per heavy atom. The second-order valence-electron chi connectivity index (χ2n) is 4.40. The fraction of sp³-hybridized carbons (Fsp3) is 0.500. The zero-order chi connectivity index (χ0) is 14.3. The van der Waals surface area contributed by atoms with Crippen molar-refractivity contribution in [3.8, 4) is 5.75 Å². The van der Waals surface area contributed by atoms with Crippen molar-refractivity contribution in [2.24, 2.45) is 5.92 Å². The van der Waals surface area contributed by atoms with Gasteiger partial charge in [-0.15, -0.1) is 0 Å². The zero-order valence-corrected chi connectivity index (χ0v) is 11.3. The van der Waals surface area contributed by atoms with Crippen LogP contribution in [0.25, 0.3) is 0 Å². The van der Waals surface area contributed by atoms with E-state index in [4.69, 9.17) is 9.84 Å². The highest BCUT2D eigenvalue weighted by Crippen LogP contribution is 2.18. The number of rotatable bonds is 8. The van der Waals surface area contributed by atoms with Gasteiger partial charge in [0.05, 0.1) is 12.5 Å². The number of carboxylic acid groups (broad SMARTS) is 1. The summed E-state index contributed by atoms with van der Waals surface area (Å²) < 4.78 is 18.7. The van der Waals surface area contributed by atoms with Gasteiger partial charge in [0.1, 0.15) is 0 Å². The molecule has 1 atom stereocenters. The van der Waals surface area contributed by atoms with Crippen LogP contribution in [0.2, 0.25) is 0 Å². The Hall–Kier alpha value is -1.62. The molecule has 0 saturated heterocycles. The Kier molecular flexibility index (Phi) is 6.29. The summed E-state index contributed by atoms with van der Waals surface area (Å²) in [5.41, 5.74) is 0.809. The largest absolute Gasteiger partial charge is 0.491 e. The minimum Gasteiger partial charge on any atom is -0.491 e. The first kappa shape index (κ1) is 15.4. The van der Waals surface area contributed by atoms with Crippen LogP contribution < -0.4 is 10.1 Å². The fourth-order valence-corrected chi connectivity index (χ4v) is 1.60. The molecule has 0 aliphatic carbocycles. The number of hydrogen-bond acceptors (Lipinski definition) is 3. The van der Waals surface area contributed by atoms with E-state index in [1.165, 1.54) is 6.07 Å². The van der Waals surface area contributed by atoms with E-state index in [1.54, 1.807) is 26.0 Å². The Morgan fingerprint density at radius 3 is 2.84 bits per heavy atom. The Labute approximate surface area is 112 Å². The topological polar surface area (TPSA) is 58.6 Å². The highest BCUT2D eigenvalue weighted by Gasteiger charge is 2.09. The number of aliphatic carboxylic acids is 1. The maximum absolute atomic E-state index is 13.5. The van der Waals surface area contributed by atoms with Crippen LogP contribution in [-0.2, 0) is 11.3 Å². The van der Waals surface area contributed by atoms with Gasteiger partial charge in [-0.05, 0) is 37.6 Å². The monoisotopic (exact) mass is 269 g/mol. The molecule has 1 aromatic rings. The summed E-state index contributed by atoms with van der Waals surface area (Å²) in [6.45, 7) is 5.00. The number of ether oxygens (including phenoxy) is 1. The number of carbonyl (C=O) groups is 1. The van der Waals surface area contributed by atoms with Crippen LogP contribution in [0.15, 0.2) is 18.2 Å². The van der Waals surface area contributed by atoms with E-state index in [1.807, 2.05) is 0 Å². The summed E-state index contributed by atoms with van der Waals surface area (Å²) in [5, 5.41) is 11.8. The summed E-state index contributed by atoms with van der Waals surface area (Å²) in [5.74, 6) is -1.29. The van der Waals surface area contributed by atoms with Gasteiger partial charge >= 0.3 is 5.97 Å². The second-order valence-corrected chi connectivity index (χ2v) is 4.40. The smallest absolute Gasteiger partial charge is 0.306 e. The zero-order valence-electron chi connectivity index (χ0n) is 11.3. The van der Waals surface area contributed by atoms with Crippen molar-refractivity contribution in [1.82, 2.24) is 5.32 Å². The molecular formula is C14H20FNO3. The van der Waals surface area contributed by atoms with Gasteiger partial charge in [0.15, 0.2) is 11.6 Å². The molecule has 19 heavy (non-hydrogen) atoms. The standard InChI is InChI=1S/C14H20FNO3/c1-3-19-13-5-4-11(8-12(13)15)9-16-7-6-10(2)14(17)18/h4-5,8,10,16H,3,6-7,9H2,1-2H3,(H,17,18). The molecule has 0 aliphatic heterocycles. The summed E-state index contributed by atoms with van der Waals surface area (Å²) in [6, 6.07) is 4.83. The van der Waals surface area contributed by atoms with E-state index in [-0.39, 0.29) is 17.5 Å². The third kappa shape index (κ3) is 5.26. The van der Waals surface area contributed by atoms with E-state index in [9.17, 15) is 9.18 Å².